The lowest BCUT2D eigenvalue weighted by Gasteiger charge is -2.05. The summed E-state index contributed by atoms with van der Waals surface area (Å²) in [5.41, 5.74) is 6.24. The molecule has 0 saturated heterocycles. The number of carbonyl (C=O) groups excluding carboxylic acids is 1. The molecule has 0 atom stereocenters. The first-order chi connectivity index (χ1) is 11.4. The molecule has 3 rings (SSSR count). The molecule has 0 fully saturated rings. The molecule has 4 nitrogen and oxygen atoms in total. The molecule has 1 amide bonds. The third-order valence-electron chi connectivity index (χ3n) is 3.29. The van der Waals surface area contributed by atoms with Crippen LogP contribution in [0.4, 0.5) is 20.2 Å². The maximum atomic E-state index is 13.2. The summed E-state index contributed by atoms with van der Waals surface area (Å²) in [6.45, 7) is 0. The van der Waals surface area contributed by atoms with Gasteiger partial charge in [-0.15, -0.1) is 0 Å². The smallest absolute Gasteiger partial charge is 0.291 e. The van der Waals surface area contributed by atoms with Crippen LogP contribution in [-0.2, 0) is 0 Å². The largest absolute Gasteiger partial charge is 0.451 e. The van der Waals surface area contributed by atoms with Crippen molar-refractivity contribution in [1.29, 1.82) is 0 Å². The number of benzene rings is 2. The first kappa shape index (κ1) is 16.0. The van der Waals surface area contributed by atoms with Crippen LogP contribution in [0, 0.1) is 11.6 Å². The monoisotopic (exact) mass is 348 g/mol. The van der Waals surface area contributed by atoms with Crippen molar-refractivity contribution in [1.82, 2.24) is 0 Å². The summed E-state index contributed by atoms with van der Waals surface area (Å²) in [7, 11) is 0. The van der Waals surface area contributed by atoms with Crippen LogP contribution in [-0.4, -0.2) is 5.91 Å². The second-order valence-corrected chi connectivity index (χ2v) is 5.39. The van der Waals surface area contributed by atoms with Gasteiger partial charge < -0.3 is 15.5 Å². The third-order valence-corrected chi connectivity index (χ3v) is 3.58. The number of nitrogens with one attached hydrogen (secondary N) is 1. The molecule has 0 saturated carbocycles. The zero-order chi connectivity index (χ0) is 17.3. The Morgan fingerprint density at radius 3 is 2.50 bits per heavy atom. The fourth-order valence-electron chi connectivity index (χ4n) is 2.08. The second kappa shape index (κ2) is 6.33. The number of nitrogens with two attached hydrogens (primary N) is 1. The highest BCUT2D eigenvalue weighted by atomic mass is 35.5. The predicted octanol–water partition coefficient (Wildman–Crippen LogP) is 4.71. The summed E-state index contributed by atoms with van der Waals surface area (Å²) in [5, 5.41) is 2.50. The number of hydrogen-bond donors (Lipinski definition) is 2. The molecule has 1 aromatic heterocycles. The van der Waals surface area contributed by atoms with Crippen LogP contribution < -0.4 is 11.1 Å². The topological polar surface area (TPSA) is 68.3 Å². The zero-order valence-corrected chi connectivity index (χ0v) is 12.9. The van der Waals surface area contributed by atoms with Crippen LogP contribution in [0.2, 0.25) is 5.02 Å². The molecule has 0 spiro atoms. The van der Waals surface area contributed by atoms with Crippen LogP contribution in [0.1, 0.15) is 10.6 Å². The lowest BCUT2D eigenvalue weighted by atomic mass is 10.2. The predicted molar refractivity (Wildman–Crippen MR) is 87.9 cm³/mol. The maximum absolute atomic E-state index is 13.2. The molecular formula is C17H11ClF2N2O2. The van der Waals surface area contributed by atoms with Crippen molar-refractivity contribution in [2.24, 2.45) is 0 Å². The van der Waals surface area contributed by atoms with E-state index >= 15 is 0 Å². The van der Waals surface area contributed by atoms with Gasteiger partial charge in [0.2, 0.25) is 0 Å². The van der Waals surface area contributed by atoms with Crippen molar-refractivity contribution in [3.05, 3.63) is 70.9 Å². The number of halogens is 3. The standard InChI is InChI=1S/C17H11ClF2N2O2/c18-11-7-9(1-3-12(11)19)15-5-6-16(24-15)17(23)22-10-2-4-13(20)14(21)8-10/h1-8H,21H2,(H,22,23). The fourth-order valence-corrected chi connectivity index (χ4v) is 2.26. The molecular weight excluding hydrogens is 338 g/mol. The molecule has 0 aliphatic carbocycles. The maximum Gasteiger partial charge on any atom is 0.291 e. The van der Waals surface area contributed by atoms with Crippen LogP contribution in [0.5, 0.6) is 0 Å². The minimum absolute atomic E-state index is 0.0355. The van der Waals surface area contributed by atoms with Gasteiger partial charge in [-0.1, -0.05) is 11.6 Å². The van der Waals surface area contributed by atoms with Gasteiger partial charge in [0.25, 0.3) is 5.91 Å². The van der Waals surface area contributed by atoms with Crippen molar-refractivity contribution in [2.45, 2.75) is 0 Å². The van der Waals surface area contributed by atoms with Gasteiger partial charge in [0.1, 0.15) is 17.4 Å². The van der Waals surface area contributed by atoms with E-state index in [2.05, 4.69) is 5.32 Å². The summed E-state index contributed by atoms with van der Waals surface area (Å²) >= 11 is 5.73. The highest BCUT2D eigenvalue weighted by Crippen LogP contribution is 2.27. The molecule has 0 bridgehead atoms. The third kappa shape index (κ3) is 3.23. The number of furan rings is 1. The van der Waals surface area contributed by atoms with E-state index in [1.54, 1.807) is 6.07 Å². The summed E-state index contributed by atoms with van der Waals surface area (Å²) in [4.78, 5) is 12.2. The quantitative estimate of drug-likeness (QED) is 0.673. The van der Waals surface area contributed by atoms with Gasteiger partial charge in [0.05, 0.1) is 10.7 Å². The lowest BCUT2D eigenvalue weighted by Crippen LogP contribution is -2.11. The molecule has 2 aromatic carbocycles. The van der Waals surface area contributed by atoms with Crippen LogP contribution in [0.3, 0.4) is 0 Å². The van der Waals surface area contributed by atoms with Gasteiger partial charge >= 0.3 is 0 Å². The Labute approximate surface area is 140 Å². The first-order valence-corrected chi connectivity index (χ1v) is 7.23. The lowest BCUT2D eigenvalue weighted by molar-refractivity contribution is 0.0997. The summed E-state index contributed by atoms with van der Waals surface area (Å²) in [6.07, 6.45) is 0. The first-order valence-electron chi connectivity index (χ1n) is 6.85. The van der Waals surface area contributed by atoms with E-state index in [0.29, 0.717) is 17.0 Å². The van der Waals surface area contributed by atoms with Gasteiger partial charge in [-0.05, 0) is 48.5 Å². The van der Waals surface area contributed by atoms with E-state index in [4.69, 9.17) is 21.8 Å². The molecule has 3 N–H and O–H groups in total. The highest BCUT2D eigenvalue weighted by Gasteiger charge is 2.14. The molecule has 0 radical (unpaired) electrons. The van der Waals surface area contributed by atoms with Gasteiger partial charge in [0.15, 0.2) is 5.76 Å². The van der Waals surface area contributed by atoms with Gasteiger partial charge in [-0.3, -0.25) is 4.79 Å². The number of hydrogen-bond acceptors (Lipinski definition) is 3. The molecule has 0 unspecified atom stereocenters. The van der Waals surface area contributed by atoms with Crippen molar-refractivity contribution in [3.63, 3.8) is 0 Å². The second-order valence-electron chi connectivity index (χ2n) is 4.98. The van der Waals surface area contributed by atoms with E-state index in [-0.39, 0.29) is 16.5 Å². The Bertz CT molecular complexity index is 925. The highest BCUT2D eigenvalue weighted by molar-refractivity contribution is 6.31. The molecule has 0 aliphatic heterocycles. The average molecular weight is 349 g/mol. The number of anilines is 2. The van der Waals surface area contributed by atoms with Crippen molar-refractivity contribution >= 4 is 28.9 Å². The van der Waals surface area contributed by atoms with Gasteiger partial charge in [-0.25, -0.2) is 8.78 Å². The normalized spacial score (nSPS) is 10.6. The van der Waals surface area contributed by atoms with Crippen LogP contribution >= 0.6 is 11.6 Å². The number of amides is 1. The minimum Gasteiger partial charge on any atom is -0.451 e. The Morgan fingerprint density at radius 2 is 1.79 bits per heavy atom. The zero-order valence-electron chi connectivity index (χ0n) is 12.1. The number of rotatable bonds is 3. The Balaban J connectivity index is 1.80. The number of carbonyl (C=O) groups is 1. The SMILES string of the molecule is Nc1cc(NC(=O)c2ccc(-c3ccc(F)c(Cl)c3)o2)ccc1F. The molecule has 3 aromatic rings. The van der Waals surface area contributed by atoms with Crippen LogP contribution in [0.25, 0.3) is 11.3 Å². The molecule has 1 heterocycles. The molecule has 0 aliphatic rings. The van der Waals surface area contributed by atoms with Crippen molar-refractivity contribution in [3.8, 4) is 11.3 Å². The molecule has 24 heavy (non-hydrogen) atoms. The average Bonchev–Trinajstić information content (AvgIpc) is 3.04. The van der Waals surface area contributed by atoms with E-state index < -0.39 is 17.5 Å². The summed E-state index contributed by atoms with van der Waals surface area (Å²) in [5.74, 6) is -1.24. The Hall–Kier alpha value is -2.86. The van der Waals surface area contributed by atoms with E-state index in [1.165, 1.54) is 36.4 Å². The van der Waals surface area contributed by atoms with Gasteiger partial charge in [-0.2, -0.15) is 0 Å². The minimum atomic E-state index is -0.568. The summed E-state index contributed by atoms with van der Waals surface area (Å²) in [6, 6.07) is 11.0. The van der Waals surface area contributed by atoms with Crippen molar-refractivity contribution < 1.29 is 18.0 Å². The number of nitrogen functional groups attached to an aromatic ring is 1. The Morgan fingerprint density at radius 1 is 1.04 bits per heavy atom. The van der Waals surface area contributed by atoms with E-state index in [9.17, 15) is 13.6 Å². The Kier molecular flexibility index (Phi) is 4.22. The van der Waals surface area contributed by atoms with Crippen molar-refractivity contribution in [2.75, 3.05) is 11.1 Å². The van der Waals surface area contributed by atoms with E-state index in [0.717, 1.165) is 6.07 Å². The molecule has 7 heteroatoms. The fraction of sp³-hybridized carbons (Fsp3) is 0. The molecule has 122 valence electrons. The van der Waals surface area contributed by atoms with Gasteiger partial charge in [0, 0.05) is 11.3 Å². The van der Waals surface area contributed by atoms with Crippen LogP contribution in [0.15, 0.2) is 52.9 Å². The summed E-state index contributed by atoms with van der Waals surface area (Å²) < 4.78 is 31.8. The van der Waals surface area contributed by atoms with E-state index in [1.807, 2.05) is 0 Å².